The van der Waals surface area contributed by atoms with E-state index in [4.69, 9.17) is 0 Å². The lowest BCUT2D eigenvalue weighted by atomic mass is 10.2. The van der Waals surface area contributed by atoms with Crippen molar-refractivity contribution in [3.63, 3.8) is 0 Å². The summed E-state index contributed by atoms with van der Waals surface area (Å²) in [6, 6.07) is 9.53. The van der Waals surface area contributed by atoms with Gasteiger partial charge in [-0.15, -0.1) is 0 Å². The van der Waals surface area contributed by atoms with Gasteiger partial charge in [0.05, 0.1) is 0 Å². The van der Waals surface area contributed by atoms with E-state index in [1.54, 1.807) is 28.9 Å². The molecule has 1 amide bonds. The Morgan fingerprint density at radius 3 is 2.73 bits per heavy atom. The van der Waals surface area contributed by atoms with Crippen molar-refractivity contribution in [1.29, 1.82) is 0 Å². The van der Waals surface area contributed by atoms with Crippen molar-refractivity contribution in [2.75, 3.05) is 19.1 Å². The zero-order chi connectivity index (χ0) is 16.1. The van der Waals surface area contributed by atoms with Crippen molar-refractivity contribution >= 4 is 28.4 Å². The normalized spacial score (nSPS) is 12.3. The van der Waals surface area contributed by atoms with E-state index >= 15 is 0 Å². The molecule has 0 bridgehead atoms. The van der Waals surface area contributed by atoms with Gasteiger partial charge in [0.25, 0.3) is 5.56 Å². The maximum atomic E-state index is 12.4. The Bertz CT molecular complexity index is 711. The number of rotatable bonds is 6. The van der Waals surface area contributed by atoms with Gasteiger partial charge in [0.15, 0.2) is 0 Å². The third-order valence-corrected chi connectivity index (χ3v) is 4.68. The second-order valence-electron chi connectivity index (χ2n) is 5.36. The molecule has 0 spiro atoms. The average Bonchev–Trinajstić information content (AvgIpc) is 2.54. The molecule has 0 N–H and O–H groups in total. The lowest BCUT2D eigenvalue weighted by molar-refractivity contribution is -0.132. The van der Waals surface area contributed by atoms with Crippen LogP contribution in [0.3, 0.4) is 0 Å². The van der Waals surface area contributed by atoms with Crippen LogP contribution < -0.4 is 5.56 Å². The molecule has 4 nitrogen and oxygen atoms in total. The smallest absolute Gasteiger partial charge is 0.258 e. The molecule has 5 heteroatoms. The van der Waals surface area contributed by atoms with E-state index in [2.05, 4.69) is 6.92 Å². The molecular weight excluding hydrogens is 296 g/mol. The average molecular weight is 318 g/mol. The number of fused-ring (bicyclic) bond motifs is 1. The number of aromatic nitrogens is 1. The van der Waals surface area contributed by atoms with E-state index in [1.807, 2.05) is 37.6 Å². The van der Waals surface area contributed by atoms with Crippen LogP contribution in [-0.2, 0) is 11.3 Å². The summed E-state index contributed by atoms with van der Waals surface area (Å²) in [6.45, 7) is 2.16. The van der Waals surface area contributed by atoms with E-state index in [0.29, 0.717) is 5.39 Å². The Morgan fingerprint density at radius 1 is 1.32 bits per heavy atom. The van der Waals surface area contributed by atoms with Crippen molar-refractivity contribution < 1.29 is 4.79 Å². The first-order valence-electron chi connectivity index (χ1n) is 7.41. The Kier molecular flexibility index (Phi) is 5.66. The molecule has 2 aromatic rings. The number of nitrogens with zero attached hydrogens (tertiary/aromatic N) is 2. The summed E-state index contributed by atoms with van der Waals surface area (Å²) in [4.78, 5) is 26.6. The molecule has 1 aromatic carbocycles. The summed E-state index contributed by atoms with van der Waals surface area (Å²) in [6.07, 6.45) is 4.65. The number of carbonyl (C=O) groups excluding carboxylic acids is 1. The minimum Gasteiger partial charge on any atom is -0.340 e. The van der Waals surface area contributed by atoms with Crippen LogP contribution in [0.25, 0.3) is 10.8 Å². The fraction of sp³-hybridized carbons (Fsp3) is 0.412. The summed E-state index contributed by atoms with van der Waals surface area (Å²) in [7, 11) is 1.82. The van der Waals surface area contributed by atoms with E-state index in [1.165, 1.54) is 4.57 Å². The lowest BCUT2D eigenvalue weighted by Crippen LogP contribution is -2.41. The SMILES string of the molecule is CCC(CSC)N(C)C(=O)Cn1ccc2ccccc2c1=O. The van der Waals surface area contributed by atoms with Crippen LogP contribution in [-0.4, -0.2) is 40.5 Å². The van der Waals surface area contributed by atoms with Crippen molar-refractivity contribution in [3.05, 3.63) is 46.9 Å². The predicted octanol–water partition coefficient (Wildman–Crippen LogP) is 2.60. The molecule has 0 saturated carbocycles. The molecule has 0 aliphatic heterocycles. The van der Waals surface area contributed by atoms with E-state index < -0.39 is 0 Å². The Morgan fingerprint density at radius 2 is 2.05 bits per heavy atom. The van der Waals surface area contributed by atoms with Gasteiger partial charge in [0.2, 0.25) is 5.91 Å². The van der Waals surface area contributed by atoms with Gasteiger partial charge in [-0.3, -0.25) is 9.59 Å². The van der Waals surface area contributed by atoms with Crippen LogP contribution in [0.2, 0.25) is 0 Å². The second-order valence-corrected chi connectivity index (χ2v) is 6.27. The quantitative estimate of drug-likeness (QED) is 0.822. The number of benzene rings is 1. The first-order chi connectivity index (χ1) is 10.6. The number of thioether (sulfide) groups is 1. The summed E-state index contributed by atoms with van der Waals surface area (Å²) in [5.74, 6) is 0.879. The van der Waals surface area contributed by atoms with Crippen molar-refractivity contribution in [1.82, 2.24) is 9.47 Å². The van der Waals surface area contributed by atoms with Crippen molar-refractivity contribution in [2.24, 2.45) is 0 Å². The molecule has 0 aliphatic carbocycles. The maximum absolute atomic E-state index is 12.4. The largest absolute Gasteiger partial charge is 0.340 e. The zero-order valence-electron chi connectivity index (χ0n) is 13.3. The Balaban J connectivity index is 2.21. The van der Waals surface area contributed by atoms with E-state index in [9.17, 15) is 9.59 Å². The summed E-state index contributed by atoms with van der Waals surface area (Å²) in [5, 5.41) is 1.55. The highest BCUT2D eigenvalue weighted by atomic mass is 32.2. The molecule has 1 unspecified atom stereocenters. The fourth-order valence-electron chi connectivity index (χ4n) is 2.51. The van der Waals surface area contributed by atoms with Crippen LogP contribution in [0.1, 0.15) is 13.3 Å². The second kappa shape index (κ2) is 7.49. The van der Waals surface area contributed by atoms with Crippen LogP contribution in [0.4, 0.5) is 0 Å². The third kappa shape index (κ3) is 3.53. The highest BCUT2D eigenvalue weighted by Crippen LogP contribution is 2.10. The van der Waals surface area contributed by atoms with Gasteiger partial charge in [-0.1, -0.05) is 25.1 Å². The van der Waals surface area contributed by atoms with Crippen LogP contribution in [0.15, 0.2) is 41.3 Å². The molecule has 1 aromatic heterocycles. The molecule has 0 saturated heterocycles. The number of amides is 1. The lowest BCUT2D eigenvalue weighted by Gasteiger charge is -2.27. The molecule has 1 heterocycles. The number of likely N-dealkylation sites (N-methyl/N-ethyl adjacent to an activating group) is 1. The van der Waals surface area contributed by atoms with Gasteiger partial charge >= 0.3 is 0 Å². The fourth-order valence-corrected chi connectivity index (χ4v) is 3.36. The highest BCUT2D eigenvalue weighted by molar-refractivity contribution is 7.98. The van der Waals surface area contributed by atoms with Gasteiger partial charge in [-0.25, -0.2) is 0 Å². The molecule has 0 fully saturated rings. The number of carbonyl (C=O) groups is 1. The van der Waals surface area contributed by atoms with Gasteiger partial charge in [0, 0.05) is 30.4 Å². The standard InChI is InChI=1S/C17H22N2O2S/c1-4-14(12-22-3)18(2)16(20)11-19-10-9-13-7-5-6-8-15(13)17(19)21/h5-10,14H,4,11-12H2,1-3H3. The zero-order valence-corrected chi connectivity index (χ0v) is 14.1. The monoisotopic (exact) mass is 318 g/mol. The first-order valence-corrected chi connectivity index (χ1v) is 8.80. The number of hydrogen-bond donors (Lipinski definition) is 0. The van der Waals surface area contributed by atoms with Gasteiger partial charge in [-0.05, 0) is 30.2 Å². The first kappa shape index (κ1) is 16.6. The van der Waals surface area contributed by atoms with E-state index in [0.717, 1.165) is 17.6 Å². The molecule has 118 valence electrons. The summed E-state index contributed by atoms with van der Waals surface area (Å²) >= 11 is 1.73. The van der Waals surface area contributed by atoms with Crippen LogP contribution in [0, 0.1) is 0 Å². The van der Waals surface area contributed by atoms with Gasteiger partial charge < -0.3 is 9.47 Å². The minimum absolute atomic E-state index is 0.0294. The summed E-state index contributed by atoms with van der Waals surface area (Å²) in [5.41, 5.74) is -0.113. The van der Waals surface area contributed by atoms with Crippen LogP contribution >= 0.6 is 11.8 Å². The molecule has 0 aliphatic rings. The Hall–Kier alpha value is -1.75. The molecule has 2 rings (SSSR count). The Labute approximate surface area is 135 Å². The maximum Gasteiger partial charge on any atom is 0.258 e. The molecule has 1 atom stereocenters. The molecular formula is C17H22N2O2S. The molecule has 22 heavy (non-hydrogen) atoms. The molecule has 0 radical (unpaired) electrons. The van der Waals surface area contributed by atoms with Crippen molar-refractivity contribution in [3.8, 4) is 0 Å². The van der Waals surface area contributed by atoms with E-state index in [-0.39, 0.29) is 24.1 Å². The topological polar surface area (TPSA) is 42.3 Å². The minimum atomic E-state index is -0.113. The predicted molar refractivity (Wildman–Crippen MR) is 93.4 cm³/mol. The van der Waals surface area contributed by atoms with Gasteiger partial charge in [-0.2, -0.15) is 11.8 Å². The number of pyridine rings is 1. The third-order valence-electron chi connectivity index (χ3n) is 3.96. The highest BCUT2D eigenvalue weighted by Gasteiger charge is 2.18. The number of hydrogen-bond acceptors (Lipinski definition) is 3. The van der Waals surface area contributed by atoms with Crippen LogP contribution in [0.5, 0.6) is 0 Å². The van der Waals surface area contributed by atoms with Crippen molar-refractivity contribution in [2.45, 2.75) is 25.9 Å². The van der Waals surface area contributed by atoms with Gasteiger partial charge in [0.1, 0.15) is 6.54 Å². The summed E-state index contributed by atoms with van der Waals surface area (Å²) < 4.78 is 1.49.